The number of aromatic nitrogens is 8. The summed E-state index contributed by atoms with van der Waals surface area (Å²) in [6.45, 7) is 6.46. The van der Waals surface area contributed by atoms with Gasteiger partial charge < -0.3 is 4.90 Å². The maximum Gasteiger partial charge on any atom is 0.134 e. The highest BCUT2D eigenvalue weighted by Crippen LogP contribution is 2.35. The number of hydrogen-bond acceptors (Lipinski definition) is 7. The summed E-state index contributed by atoms with van der Waals surface area (Å²) >= 11 is 0. The van der Waals surface area contributed by atoms with Crippen molar-refractivity contribution < 1.29 is 0 Å². The van der Waals surface area contributed by atoms with Gasteiger partial charge in [0.15, 0.2) is 0 Å². The Labute approximate surface area is 246 Å². The molecule has 5 heterocycles. The summed E-state index contributed by atoms with van der Waals surface area (Å²) in [5.41, 5.74) is 10.2. The molecule has 7 rings (SSSR count). The van der Waals surface area contributed by atoms with Gasteiger partial charge in [-0.1, -0.05) is 24.3 Å². The van der Waals surface area contributed by atoms with Gasteiger partial charge in [-0.05, 0) is 42.6 Å². The molecule has 10 nitrogen and oxygen atoms in total. The smallest absolute Gasteiger partial charge is 0.134 e. The lowest BCUT2D eigenvalue weighted by molar-refractivity contribution is 0.148. The molecule has 2 aliphatic rings. The molecular weight excluding hydrogens is 524 g/mol. The standard InChI is InChI=1S/C32H38N10/c1-38-11-13-41(14-12-38)15-16-42-10-9-27(36-42)19-30-33-20-25-7-8-28-31(32(25)35-30)29(40(3)37-28)18-23-5-4-6-24(17-23)26-21-34-39(2)22-26/h4-6,9-10,17,20-22H,7-8,11-16,18-19H2,1-3H3. The van der Waals surface area contributed by atoms with Crippen LogP contribution in [-0.4, -0.2) is 88.9 Å². The van der Waals surface area contributed by atoms with Gasteiger partial charge in [-0.3, -0.25) is 18.9 Å². The Morgan fingerprint density at radius 2 is 1.74 bits per heavy atom. The Morgan fingerprint density at radius 1 is 0.857 bits per heavy atom. The van der Waals surface area contributed by atoms with E-state index in [0.29, 0.717) is 6.42 Å². The van der Waals surface area contributed by atoms with Crippen molar-refractivity contribution in [1.82, 2.24) is 49.1 Å². The van der Waals surface area contributed by atoms with Crippen molar-refractivity contribution in [1.29, 1.82) is 0 Å². The first-order valence-corrected chi connectivity index (χ1v) is 14.9. The van der Waals surface area contributed by atoms with E-state index < -0.39 is 0 Å². The maximum atomic E-state index is 5.13. The molecule has 0 amide bonds. The Bertz CT molecular complexity index is 1700. The van der Waals surface area contributed by atoms with Gasteiger partial charge in [0.2, 0.25) is 0 Å². The molecule has 5 aromatic rings. The average molecular weight is 563 g/mol. The van der Waals surface area contributed by atoms with E-state index in [-0.39, 0.29) is 0 Å². The second kappa shape index (κ2) is 11.3. The Kier molecular flexibility index (Phi) is 7.17. The van der Waals surface area contributed by atoms with E-state index in [2.05, 4.69) is 76.4 Å². The summed E-state index contributed by atoms with van der Waals surface area (Å²) in [7, 11) is 6.19. The van der Waals surface area contributed by atoms with Crippen LogP contribution in [0.1, 0.15) is 34.0 Å². The minimum atomic E-state index is 0.618. The number of rotatable bonds is 8. The number of benzene rings is 1. The number of hydrogen-bond donors (Lipinski definition) is 0. The van der Waals surface area contributed by atoms with Gasteiger partial charge in [0, 0.05) is 83.0 Å². The van der Waals surface area contributed by atoms with Gasteiger partial charge in [-0.15, -0.1) is 0 Å². The topological polar surface area (TPSA) is 85.7 Å². The van der Waals surface area contributed by atoms with Crippen LogP contribution in [0.4, 0.5) is 0 Å². The van der Waals surface area contributed by atoms with Crippen LogP contribution < -0.4 is 0 Å². The van der Waals surface area contributed by atoms with Crippen LogP contribution in [0.15, 0.2) is 55.1 Å². The molecule has 4 aromatic heterocycles. The zero-order valence-corrected chi connectivity index (χ0v) is 24.7. The summed E-state index contributed by atoms with van der Waals surface area (Å²) in [4.78, 5) is 14.8. The molecule has 1 saturated heterocycles. The predicted octanol–water partition coefficient (Wildman–Crippen LogP) is 3.00. The highest BCUT2D eigenvalue weighted by atomic mass is 15.3. The SMILES string of the molecule is CN1CCN(CCn2ccc(Cc3ncc4c(n3)-c3c(nn(C)c3Cc3cccc(-c5cnn(C)c5)c3)CC4)n2)CC1. The van der Waals surface area contributed by atoms with Crippen LogP contribution in [0.3, 0.4) is 0 Å². The molecule has 0 atom stereocenters. The Hall–Kier alpha value is -4.15. The number of fused-ring (bicyclic) bond motifs is 3. The lowest BCUT2D eigenvalue weighted by Gasteiger charge is -2.32. The van der Waals surface area contributed by atoms with Crippen LogP contribution in [0, 0.1) is 0 Å². The molecule has 42 heavy (non-hydrogen) atoms. The third-order valence-electron chi connectivity index (χ3n) is 8.63. The predicted molar refractivity (Wildman–Crippen MR) is 162 cm³/mol. The molecule has 0 radical (unpaired) electrons. The molecular formula is C32H38N10. The molecule has 1 aliphatic carbocycles. The van der Waals surface area contributed by atoms with Gasteiger partial charge in [0.05, 0.1) is 41.9 Å². The summed E-state index contributed by atoms with van der Waals surface area (Å²) < 4.78 is 5.94. The monoisotopic (exact) mass is 562 g/mol. The largest absolute Gasteiger partial charge is 0.304 e. The van der Waals surface area contributed by atoms with Gasteiger partial charge in [-0.25, -0.2) is 9.97 Å². The quantitative estimate of drug-likeness (QED) is 0.287. The van der Waals surface area contributed by atoms with Crippen LogP contribution in [0.5, 0.6) is 0 Å². The fourth-order valence-electron chi connectivity index (χ4n) is 6.18. The highest BCUT2D eigenvalue weighted by molar-refractivity contribution is 5.71. The van der Waals surface area contributed by atoms with E-state index in [9.17, 15) is 0 Å². The van der Waals surface area contributed by atoms with Crippen LogP contribution >= 0.6 is 0 Å². The first-order valence-electron chi connectivity index (χ1n) is 14.9. The molecule has 1 fully saturated rings. The summed E-state index contributed by atoms with van der Waals surface area (Å²) in [6.07, 6.45) is 11.3. The fraction of sp³-hybridized carbons (Fsp3) is 0.406. The lowest BCUT2D eigenvalue weighted by atomic mass is 9.91. The zero-order chi connectivity index (χ0) is 28.6. The molecule has 0 bridgehead atoms. The number of piperazine rings is 1. The van der Waals surface area contributed by atoms with Gasteiger partial charge >= 0.3 is 0 Å². The van der Waals surface area contributed by atoms with Crippen LogP contribution in [0.2, 0.25) is 0 Å². The first kappa shape index (κ1) is 26.7. The summed E-state index contributed by atoms with van der Waals surface area (Å²) in [5, 5.41) is 14.1. The molecule has 216 valence electrons. The van der Waals surface area contributed by atoms with Crippen molar-refractivity contribution in [2.45, 2.75) is 32.2 Å². The summed E-state index contributed by atoms with van der Waals surface area (Å²) in [5.74, 6) is 0.805. The molecule has 1 aromatic carbocycles. The normalized spacial score (nSPS) is 15.6. The summed E-state index contributed by atoms with van der Waals surface area (Å²) in [6, 6.07) is 10.8. The Morgan fingerprint density at radius 3 is 2.57 bits per heavy atom. The van der Waals surface area contributed by atoms with E-state index in [1.165, 1.54) is 27.9 Å². The Balaban J connectivity index is 1.10. The highest BCUT2D eigenvalue weighted by Gasteiger charge is 2.26. The molecule has 0 saturated carbocycles. The lowest BCUT2D eigenvalue weighted by Crippen LogP contribution is -2.45. The van der Waals surface area contributed by atoms with E-state index in [4.69, 9.17) is 20.2 Å². The van der Waals surface area contributed by atoms with Crippen LogP contribution in [0.25, 0.3) is 22.4 Å². The van der Waals surface area contributed by atoms with E-state index in [1.54, 1.807) is 0 Å². The average Bonchev–Trinajstić information content (AvgIpc) is 3.72. The van der Waals surface area contributed by atoms with Gasteiger partial charge in [-0.2, -0.15) is 15.3 Å². The second-order valence-corrected chi connectivity index (χ2v) is 11.7. The minimum absolute atomic E-state index is 0.618. The molecule has 1 aliphatic heterocycles. The minimum Gasteiger partial charge on any atom is -0.304 e. The number of nitrogens with zero attached hydrogens (tertiary/aromatic N) is 10. The van der Waals surface area contributed by atoms with Crippen molar-refractivity contribution >= 4 is 0 Å². The third-order valence-corrected chi connectivity index (χ3v) is 8.63. The molecule has 0 spiro atoms. The van der Waals surface area contributed by atoms with Gasteiger partial charge in [0.25, 0.3) is 0 Å². The number of aryl methyl sites for hydroxylation is 4. The third kappa shape index (κ3) is 5.52. The second-order valence-electron chi connectivity index (χ2n) is 11.7. The first-order chi connectivity index (χ1) is 20.5. The fourth-order valence-corrected chi connectivity index (χ4v) is 6.18. The van der Waals surface area contributed by atoms with Crippen LogP contribution in [-0.2, 0) is 46.3 Å². The zero-order valence-electron chi connectivity index (χ0n) is 24.7. The number of likely N-dealkylation sites (N-methyl/N-ethyl adjacent to an activating group) is 1. The van der Waals surface area contributed by atoms with Crippen molar-refractivity contribution in [2.75, 3.05) is 39.8 Å². The van der Waals surface area contributed by atoms with E-state index in [1.807, 2.05) is 28.8 Å². The van der Waals surface area contributed by atoms with Crippen molar-refractivity contribution in [3.63, 3.8) is 0 Å². The molecule has 10 heteroatoms. The molecule has 0 N–H and O–H groups in total. The van der Waals surface area contributed by atoms with Crippen molar-refractivity contribution in [2.24, 2.45) is 14.1 Å². The van der Waals surface area contributed by atoms with Crippen molar-refractivity contribution in [3.05, 3.63) is 89.2 Å². The van der Waals surface area contributed by atoms with Crippen molar-refractivity contribution in [3.8, 4) is 22.4 Å². The van der Waals surface area contributed by atoms with Gasteiger partial charge in [0.1, 0.15) is 5.82 Å². The molecule has 0 unspecified atom stereocenters. The maximum absolute atomic E-state index is 5.13. The van der Waals surface area contributed by atoms with E-state index >= 15 is 0 Å². The van der Waals surface area contributed by atoms with E-state index in [0.717, 1.165) is 87.0 Å².